The molecule has 0 heterocycles. The SMILES string of the molecule is O=C(CC=NCc1cccc(C(F)(F)F)c1)C(F)(F)F. The van der Waals surface area contributed by atoms with Crippen LogP contribution >= 0.6 is 0 Å². The fraction of sp³-hybridized carbons (Fsp3) is 0.333. The van der Waals surface area contributed by atoms with E-state index in [-0.39, 0.29) is 12.1 Å². The van der Waals surface area contributed by atoms with Gasteiger partial charge in [-0.15, -0.1) is 0 Å². The molecule has 0 aliphatic heterocycles. The van der Waals surface area contributed by atoms with Crippen LogP contribution in [0.3, 0.4) is 0 Å². The second-order valence-electron chi connectivity index (χ2n) is 3.85. The summed E-state index contributed by atoms with van der Waals surface area (Å²) < 4.78 is 72.7. The van der Waals surface area contributed by atoms with Crippen molar-refractivity contribution in [3.8, 4) is 0 Å². The number of aliphatic imine (C=N–C) groups is 1. The predicted molar refractivity (Wildman–Crippen MR) is 59.3 cm³/mol. The standard InChI is InChI=1S/C12H9F6NO/c13-11(14,15)9-3-1-2-8(6-9)7-19-5-4-10(20)12(16,17)18/h1-3,5-6H,4,7H2. The number of carbonyl (C=O) groups is 1. The summed E-state index contributed by atoms with van der Waals surface area (Å²) in [4.78, 5) is 14.0. The highest BCUT2D eigenvalue weighted by atomic mass is 19.4. The van der Waals surface area contributed by atoms with Crippen LogP contribution in [0.1, 0.15) is 17.5 Å². The Balaban J connectivity index is 2.61. The van der Waals surface area contributed by atoms with Crippen LogP contribution in [0.25, 0.3) is 0 Å². The lowest BCUT2D eigenvalue weighted by Gasteiger charge is -2.07. The van der Waals surface area contributed by atoms with Crippen molar-refractivity contribution in [3.63, 3.8) is 0 Å². The van der Waals surface area contributed by atoms with Gasteiger partial charge in [-0.05, 0) is 17.7 Å². The molecule has 1 rings (SSSR count). The molecular formula is C12H9F6NO. The maximum Gasteiger partial charge on any atom is 0.450 e. The second-order valence-corrected chi connectivity index (χ2v) is 3.85. The molecule has 1 aromatic rings. The molecule has 0 atom stereocenters. The van der Waals surface area contributed by atoms with Gasteiger partial charge >= 0.3 is 12.4 Å². The molecule has 0 N–H and O–H groups in total. The minimum Gasteiger partial charge on any atom is -0.292 e. The summed E-state index contributed by atoms with van der Waals surface area (Å²) in [6.07, 6.45) is -9.60. The summed E-state index contributed by atoms with van der Waals surface area (Å²) in [6, 6.07) is 4.26. The monoisotopic (exact) mass is 297 g/mol. The van der Waals surface area contributed by atoms with E-state index in [1.54, 1.807) is 0 Å². The van der Waals surface area contributed by atoms with E-state index in [2.05, 4.69) is 4.99 Å². The molecule has 0 aliphatic rings. The smallest absolute Gasteiger partial charge is 0.292 e. The maximum absolute atomic E-state index is 12.4. The Morgan fingerprint density at radius 3 is 2.35 bits per heavy atom. The van der Waals surface area contributed by atoms with Crippen molar-refractivity contribution in [2.24, 2.45) is 4.99 Å². The van der Waals surface area contributed by atoms with Gasteiger partial charge in [-0.3, -0.25) is 9.79 Å². The van der Waals surface area contributed by atoms with Crippen molar-refractivity contribution < 1.29 is 31.1 Å². The van der Waals surface area contributed by atoms with Gasteiger partial charge in [0.15, 0.2) is 0 Å². The molecule has 8 heteroatoms. The average Bonchev–Trinajstić information content (AvgIpc) is 2.32. The molecule has 0 radical (unpaired) electrons. The van der Waals surface area contributed by atoms with Crippen molar-refractivity contribution >= 4 is 12.0 Å². The van der Waals surface area contributed by atoms with E-state index in [9.17, 15) is 31.1 Å². The van der Waals surface area contributed by atoms with E-state index in [0.717, 1.165) is 18.3 Å². The molecule has 0 saturated carbocycles. The molecule has 0 fully saturated rings. The molecule has 20 heavy (non-hydrogen) atoms. The fourth-order valence-electron chi connectivity index (χ4n) is 1.28. The summed E-state index contributed by atoms with van der Waals surface area (Å²) >= 11 is 0. The molecule has 110 valence electrons. The quantitative estimate of drug-likeness (QED) is 0.614. The van der Waals surface area contributed by atoms with Crippen LogP contribution in [0.2, 0.25) is 0 Å². The third-order valence-electron chi connectivity index (χ3n) is 2.25. The highest BCUT2D eigenvalue weighted by Crippen LogP contribution is 2.29. The first-order chi connectivity index (χ1) is 9.10. The van der Waals surface area contributed by atoms with E-state index in [1.807, 2.05) is 0 Å². The van der Waals surface area contributed by atoms with Crippen molar-refractivity contribution in [2.75, 3.05) is 0 Å². The van der Waals surface area contributed by atoms with Gasteiger partial charge in [0.05, 0.1) is 18.5 Å². The molecule has 0 bridgehead atoms. The van der Waals surface area contributed by atoms with Gasteiger partial charge in [0.2, 0.25) is 5.78 Å². The average molecular weight is 297 g/mol. The van der Waals surface area contributed by atoms with Crippen molar-refractivity contribution in [2.45, 2.75) is 25.3 Å². The molecular weight excluding hydrogens is 288 g/mol. The maximum atomic E-state index is 12.4. The van der Waals surface area contributed by atoms with Crippen molar-refractivity contribution in [1.82, 2.24) is 0 Å². The Hall–Kier alpha value is -1.86. The van der Waals surface area contributed by atoms with Crippen molar-refractivity contribution in [1.29, 1.82) is 0 Å². The van der Waals surface area contributed by atoms with Gasteiger partial charge in [-0.2, -0.15) is 26.3 Å². The number of nitrogens with zero attached hydrogens (tertiary/aromatic N) is 1. The van der Waals surface area contributed by atoms with Gasteiger partial charge in [-0.25, -0.2) is 0 Å². The van der Waals surface area contributed by atoms with Crippen LogP contribution in [0.15, 0.2) is 29.3 Å². The number of hydrogen-bond acceptors (Lipinski definition) is 2. The Morgan fingerprint density at radius 1 is 1.15 bits per heavy atom. The lowest BCUT2D eigenvalue weighted by atomic mass is 10.1. The van der Waals surface area contributed by atoms with Gasteiger partial charge < -0.3 is 0 Å². The summed E-state index contributed by atoms with van der Waals surface area (Å²) in [5.41, 5.74) is -0.674. The molecule has 0 spiro atoms. The Morgan fingerprint density at radius 2 is 1.80 bits per heavy atom. The first-order valence-corrected chi connectivity index (χ1v) is 5.35. The molecule has 2 nitrogen and oxygen atoms in total. The molecule has 0 aliphatic carbocycles. The minimum atomic E-state index is -4.93. The number of ketones is 1. The van der Waals surface area contributed by atoms with Crippen LogP contribution in [-0.2, 0) is 17.5 Å². The lowest BCUT2D eigenvalue weighted by Crippen LogP contribution is -2.22. The third kappa shape index (κ3) is 5.02. The lowest BCUT2D eigenvalue weighted by molar-refractivity contribution is -0.169. The number of benzene rings is 1. The molecule has 0 amide bonds. The van der Waals surface area contributed by atoms with Gasteiger partial charge in [0.1, 0.15) is 0 Å². The Kier molecular flexibility index (Phi) is 4.91. The summed E-state index contributed by atoms with van der Waals surface area (Å²) in [7, 11) is 0. The fourth-order valence-corrected chi connectivity index (χ4v) is 1.28. The molecule has 0 aromatic heterocycles. The highest BCUT2D eigenvalue weighted by Gasteiger charge is 2.36. The van der Waals surface area contributed by atoms with Crippen LogP contribution in [0.4, 0.5) is 26.3 Å². The Bertz CT molecular complexity index is 503. The van der Waals surface area contributed by atoms with Crippen molar-refractivity contribution in [3.05, 3.63) is 35.4 Å². The van der Waals surface area contributed by atoms with Gasteiger partial charge in [0.25, 0.3) is 0 Å². The predicted octanol–water partition coefficient (Wildman–Crippen LogP) is 3.80. The third-order valence-corrected chi connectivity index (χ3v) is 2.25. The first-order valence-electron chi connectivity index (χ1n) is 5.35. The van der Waals surface area contributed by atoms with E-state index in [0.29, 0.717) is 0 Å². The molecule has 0 unspecified atom stereocenters. The number of Topliss-reactive ketones (excluding diaryl/α,β-unsaturated/α-hetero) is 1. The zero-order chi connectivity index (χ0) is 15.4. The van der Waals surface area contributed by atoms with E-state index >= 15 is 0 Å². The van der Waals surface area contributed by atoms with Gasteiger partial charge in [-0.1, -0.05) is 12.1 Å². The first kappa shape index (κ1) is 16.2. The summed E-state index contributed by atoms with van der Waals surface area (Å²) in [6.45, 7) is -0.227. The minimum absolute atomic E-state index is 0.190. The number of carbonyl (C=O) groups excluding carboxylic acids is 1. The van der Waals surface area contributed by atoms with E-state index in [1.165, 1.54) is 12.1 Å². The molecule has 1 aromatic carbocycles. The second kappa shape index (κ2) is 6.06. The largest absolute Gasteiger partial charge is 0.450 e. The van der Waals surface area contributed by atoms with E-state index < -0.39 is 30.1 Å². The van der Waals surface area contributed by atoms with Crippen LogP contribution in [-0.4, -0.2) is 18.2 Å². The van der Waals surface area contributed by atoms with E-state index in [4.69, 9.17) is 0 Å². The number of halogens is 6. The highest BCUT2D eigenvalue weighted by molar-refractivity contribution is 5.94. The molecule has 0 saturated heterocycles. The zero-order valence-electron chi connectivity index (χ0n) is 9.92. The number of alkyl halides is 6. The Labute approximate surface area is 110 Å². The number of hydrogen-bond donors (Lipinski definition) is 0. The van der Waals surface area contributed by atoms with Crippen LogP contribution in [0.5, 0.6) is 0 Å². The summed E-state index contributed by atoms with van der Waals surface area (Å²) in [5.74, 6) is -1.95. The summed E-state index contributed by atoms with van der Waals surface area (Å²) in [5, 5.41) is 0. The zero-order valence-corrected chi connectivity index (χ0v) is 9.92. The van der Waals surface area contributed by atoms with Crippen LogP contribution < -0.4 is 0 Å². The van der Waals surface area contributed by atoms with Crippen LogP contribution in [0, 0.1) is 0 Å². The number of rotatable bonds is 4. The topological polar surface area (TPSA) is 29.4 Å². The normalized spacial score (nSPS) is 12.9. The van der Waals surface area contributed by atoms with Gasteiger partial charge in [0, 0.05) is 6.21 Å².